The summed E-state index contributed by atoms with van der Waals surface area (Å²) in [5, 5.41) is 0. The minimum Gasteiger partial charge on any atom is -0.468 e. The summed E-state index contributed by atoms with van der Waals surface area (Å²) in [6, 6.07) is 10.1. The van der Waals surface area contributed by atoms with E-state index in [1.165, 1.54) is 7.11 Å². The Kier molecular flexibility index (Phi) is 5.02. The van der Waals surface area contributed by atoms with Crippen LogP contribution < -0.4 is 0 Å². The van der Waals surface area contributed by atoms with Gasteiger partial charge in [0.2, 0.25) is 0 Å². The van der Waals surface area contributed by atoms with Crippen LogP contribution in [0.1, 0.15) is 24.8 Å². The maximum atomic E-state index is 12.2. The van der Waals surface area contributed by atoms with Crippen LogP contribution in [0.15, 0.2) is 48.6 Å². The molecule has 1 aliphatic carbocycles. The monoisotopic (exact) mass is 290 g/mol. The molecule has 3 heteroatoms. The summed E-state index contributed by atoms with van der Waals surface area (Å²) in [6.45, 7) is 0. The van der Waals surface area contributed by atoms with Gasteiger partial charge in [-0.2, -0.15) is 0 Å². The van der Waals surface area contributed by atoms with Gasteiger partial charge in [0.05, 0.1) is 7.11 Å². The van der Waals surface area contributed by atoms with E-state index in [0.717, 1.165) is 24.0 Å². The fourth-order valence-electron chi connectivity index (χ4n) is 2.60. The molecule has 0 aliphatic heterocycles. The second-order valence-corrected chi connectivity index (χ2v) is 5.34. The molecule has 106 valence electrons. The van der Waals surface area contributed by atoms with E-state index in [1.54, 1.807) is 0 Å². The third kappa shape index (κ3) is 3.13. The Morgan fingerprint density at radius 2 is 2.10 bits per heavy atom. The Labute approximate surface area is 125 Å². The van der Waals surface area contributed by atoms with Gasteiger partial charge in [-0.05, 0) is 30.4 Å². The second-order valence-electron chi connectivity index (χ2n) is 4.97. The van der Waals surface area contributed by atoms with Crippen LogP contribution in [0.25, 0.3) is 5.57 Å². The summed E-state index contributed by atoms with van der Waals surface area (Å²) in [5.74, 6) is 0.327. The highest BCUT2D eigenvalue weighted by atomic mass is 35.5. The topological polar surface area (TPSA) is 26.3 Å². The molecule has 0 aromatic heterocycles. The molecule has 1 atom stereocenters. The van der Waals surface area contributed by atoms with E-state index in [4.69, 9.17) is 16.3 Å². The average Bonchev–Trinajstić information content (AvgIpc) is 2.53. The predicted octanol–water partition coefficient (Wildman–Crippen LogP) is 4.21. The number of carbonyl (C=O) groups excluding carboxylic acids is 1. The first-order valence-corrected chi connectivity index (χ1v) is 7.34. The molecular formula is C17H19ClO2. The summed E-state index contributed by atoms with van der Waals surface area (Å²) in [5.41, 5.74) is 1.64. The molecule has 0 saturated heterocycles. The smallest absolute Gasteiger partial charge is 0.319 e. The summed E-state index contributed by atoms with van der Waals surface area (Å²) in [6.07, 6.45) is 8.34. The zero-order valence-electron chi connectivity index (χ0n) is 11.6. The molecule has 0 amide bonds. The number of hydrogen-bond donors (Lipinski definition) is 0. The Balaban J connectivity index is 2.36. The largest absolute Gasteiger partial charge is 0.468 e. The molecule has 0 fully saturated rings. The van der Waals surface area contributed by atoms with Gasteiger partial charge in [-0.1, -0.05) is 48.6 Å². The first kappa shape index (κ1) is 14.9. The number of allylic oxidation sites excluding steroid dienone is 2. The third-order valence-corrected chi connectivity index (χ3v) is 3.89. The minimum absolute atomic E-state index is 0.216. The molecular weight excluding hydrogens is 272 g/mol. The van der Waals surface area contributed by atoms with Crippen LogP contribution in [-0.4, -0.2) is 19.0 Å². The van der Waals surface area contributed by atoms with Crippen molar-refractivity contribution >= 4 is 23.1 Å². The van der Waals surface area contributed by atoms with E-state index in [0.29, 0.717) is 12.3 Å². The maximum Gasteiger partial charge on any atom is 0.319 e. The minimum atomic E-state index is -0.674. The van der Waals surface area contributed by atoms with Gasteiger partial charge in [-0.15, -0.1) is 11.6 Å². The summed E-state index contributed by atoms with van der Waals surface area (Å²) in [4.78, 5) is 12.2. The average molecular weight is 291 g/mol. The van der Waals surface area contributed by atoms with E-state index in [9.17, 15) is 4.79 Å². The van der Waals surface area contributed by atoms with Gasteiger partial charge < -0.3 is 4.74 Å². The molecule has 0 N–H and O–H groups in total. The zero-order valence-corrected chi connectivity index (χ0v) is 12.4. The molecule has 1 aliphatic rings. The molecule has 0 radical (unpaired) electrons. The molecule has 20 heavy (non-hydrogen) atoms. The van der Waals surface area contributed by atoms with Crippen LogP contribution in [0.5, 0.6) is 0 Å². The maximum absolute atomic E-state index is 12.2. The lowest BCUT2D eigenvalue weighted by Crippen LogP contribution is -2.30. The van der Waals surface area contributed by atoms with E-state index in [-0.39, 0.29) is 5.97 Å². The molecule has 0 heterocycles. The van der Waals surface area contributed by atoms with Crippen LogP contribution >= 0.6 is 11.6 Å². The normalized spacial score (nSPS) is 21.4. The molecule has 1 unspecified atom stereocenters. The van der Waals surface area contributed by atoms with E-state index >= 15 is 0 Å². The van der Waals surface area contributed by atoms with Crippen molar-refractivity contribution in [2.75, 3.05) is 13.0 Å². The van der Waals surface area contributed by atoms with Crippen molar-refractivity contribution in [2.45, 2.75) is 19.3 Å². The number of hydrogen-bond acceptors (Lipinski definition) is 2. The Hall–Kier alpha value is -1.54. The Morgan fingerprint density at radius 1 is 1.35 bits per heavy atom. The second kappa shape index (κ2) is 6.76. The van der Waals surface area contributed by atoms with E-state index < -0.39 is 5.41 Å². The number of esters is 1. The summed E-state index contributed by atoms with van der Waals surface area (Å²) in [7, 11) is 1.43. The number of benzene rings is 1. The van der Waals surface area contributed by atoms with Gasteiger partial charge in [0.15, 0.2) is 0 Å². The fourth-order valence-corrected chi connectivity index (χ4v) is 2.74. The van der Waals surface area contributed by atoms with Crippen LogP contribution in [0.2, 0.25) is 0 Å². The predicted molar refractivity (Wildman–Crippen MR) is 82.6 cm³/mol. The van der Waals surface area contributed by atoms with E-state index in [1.807, 2.05) is 36.4 Å². The van der Waals surface area contributed by atoms with Crippen LogP contribution in [0, 0.1) is 5.41 Å². The lowest BCUT2D eigenvalue weighted by atomic mass is 9.76. The molecule has 0 spiro atoms. The molecule has 1 aromatic rings. The van der Waals surface area contributed by atoms with Crippen molar-refractivity contribution in [3.63, 3.8) is 0 Å². The fraction of sp³-hybridized carbons (Fsp3) is 0.353. The van der Waals surface area contributed by atoms with Crippen LogP contribution in [0.3, 0.4) is 0 Å². The van der Waals surface area contributed by atoms with Crippen molar-refractivity contribution in [3.05, 3.63) is 54.1 Å². The highest BCUT2D eigenvalue weighted by Crippen LogP contribution is 2.38. The Bertz CT molecular complexity index is 519. The highest BCUT2D eigenvalue weighted by Gasteiger charge is 2.36. The standard InChI is InChI=1S/C17H19ClO2/c1-20-16(19)17(11-6-12-18)10-5-9-15(13-17)14-7-3-2-4-8-14/h2-5,7-8,10,13H,6,9,11-12H2,1H3. The zero-order chi connectivity index (χ0) is 14.4. The van der Waals surface area contributed by atoms with E-state index in [2.05, 4.69) is 12.1 Å². The quantitative estimate of drug-likeness (QED) is 0.461. The highest BCUT2D eigenvalue weighted by molar-refractivity contribution is 6.17. The molecule has 2 nitrogen and oxygen atoms in total. The third-order valence-electron chi connectivity index (χ3n) is 3.62. The molecule has 1 aromatic carbocycles. The van der Waals surface area contributed by atoms with Crippen molar-refractivity contribution in [1.29, 1.82) is 0 Å². The van der Waals surface area contributed by atoms with Gasteiger partial charge in [-0.25, -0.2) is 0 Å². The molecule has 0 bridgehead atoms. The number of rotatable bonds is 5. The lowest BCUT2D eigenvalue weighted by Gasteiger charge is -2.28. The van der Waals surface area contributed by atoms with Crippen molar-refractivity contribution in [3.8, 4) is 0 Å². The SMILES string of the molecule is COC(=O)C1(CCCCl)C=CCC(c2ccccc2)=C1. The van der Waals surface area contributed by atoms with Crippen molar-refractivity contribution in [2.24, 2.45) is 5.41 Å². The number of ether oxygens (including phenoxy) is 1. The first-order valence-electron chi connectivity index (χ1n) is 6.81. The van der Waals surface area contributed by atoms with Gasteiger partial charge >= 0.3 is 5.97 Å². The lowest BCUT2D eigenvalue weighted by molar-refractivity contribution is -0.147. The number of methoxy groups -OCH3 is 1. The van der Waals surface area contributed by atoms with Crippen LogP contribution in [-0.2, 0) is 9.53 Å². The van der Waals surface area contributed by atoms with Crippen LogP contribution in [0.4, 0.5) is 0 Å². The molecule has 0 saturated carbocycles. The number of carbonyl (C=O) groups is 1. The number of alkyl halides is 1. The number of halogens is 1. The van der Waals surface area contributed by atoms with Gasteiger partial charge in [0.1, 0.15) is 5.41 Å². The first-order chi connectivity index (χ1) is 9.72. The molecule has 2 rings (SSSR count). The van der Waals surface area contributed by atoms with Gasteiger partial charge in [-0.3, -0.25) is 4.79 Å². The Morgan fingerprint density at radius 3 is 2.75 bits per heavy atom. The van der Waals surface area contributed by atoms with Gasteiger partial charge in [0, 0.05) is 5.88 Å². The summed E-state index contributed by atoms with van der Waals surface area (Å²) < 4.78 is 5.00. The van der Waals surface area contributed by atoms with Crippen molar-refractivity contribution < 1.29 is 9.53 Å². The summed E-state index contributed by atoms with van der Waals surface area (Å²) >= 11 is 5.79. The van der Waals surface area contributed by atoms with Gasteiger partial charge in [0.25, 0.3) is 0 Å². The van der Waals surface area contributed by atoms with Crippen molar-refractivity contribution in [1.82, 2.24) is 0 Å².